The number of ether oxygens (including phenoxy) is 1. The van der Waals surface area contributed by atoms with Crippen LogP contribution in [-0.4, -0.2) is 19.2 Å². The minimum absolute atomic E-state index is 0.0432. The summed E-state index contributed by atoms with van der Waals surface area (Å²) in [6.45, 7) is 2.77. The second-order valence-corrected chi connectivity index (χ2v) is 5.27. The highest BCUT2D eigenvalue weighted by Crippen LogP contribution is 2.15. The van der Waals surface area contributed by atoms with E-state index in [1.165, 1.54) is 0 Å². The van der Waals surface area contributed by atoms with Crippen molar-refractivity contribution in [3.63, 3.8) is 0 Å². The van der Waals surface area contributed by atoms with Crippen molar-refractivity contribution in [1.29, 1.82) is 0 Å². The minimum atomic E-state index is -0.212. The number of hydrogen-bond acceptors (Lipinski definition) is 2. The zero-order valence-corrected chi connectivity index (χ0v) is 13.1. The van der Waals surface area contributed by atoms with Crippen molar-refractivity contribution in [2.75, 3.05) is 13.2 Å². The summed E-state index contributed by atoms with van der Waals surface area (Å²) in [6.07, 6.45) is 0. The lowest BCUT2D eigenvalue weighted by molar-refractivity contribution is 0.233. The molecule has 0 aliphatic heterocycles. The molecule has 0 saturated heterocycles. The molecular weight excluding hydrogens is 300 g/mol. The van der Waals surface area contributed by atoms with Gasteiger partial charge < -0.3 is 15.4 Å². The van der Waals surface area contributed by atoms with E-state index in [-0.39, 0.29) is 12.1 Å². The molecule has 22 heavy (non-hydrogen) atoms. The van der Waals surface area contributed by atoms with Crippen molar-refractivity contribution in [3.05, 3.63) is 65.2 Å². The highest BCUT2D eigenvalue weighted by atomic mass is 35.5. The number of rotatable bonds is 6. The zero-order valence-electron chi connectivity index (χ0n) is 12.4. The molecule has 2 amide bonds. The van der Waals surface area contributed by atoms with Crippen molar-refractivity contribution in [1.82, 2.24) is 10.6 Å². The number of nitrogens with one attached hydrogen (secondary N) is 2. The summed E-state index contributed by atoms with van der Waals surface area (Å²) in [6, 6.07) is 16.7. The standard InChI is InChI=1S/C17H19ClN2O2/c1-13(14-5-3-2-4-6-14)20-17(21)19-11-12-22-16-9-7-15(18)8-10-16/h2-10,13H,11-12H2,1H3,(H2,19,20,21). The van der Waals surface area contributed by atoms with E-state index in [1.54, 1.807) is 24.3 Å². The van der Waals surface area contributed by atoms with Gasteiger partial charge >= 0.3 is 6.03 Å². The molecule has 0 radical (unpaired) electrons. The van der Waals surface area contributed by atoms with Gasteiger partial charge in [0.05, 0.1) is 12.6 Å². The van der Waals surface area contributed by atoms with Crippen LogP contribution in [0.25, 0.3) is 0 Å². The summed E-state index contributed by atoms with van der Waals surface area (Å²) >= 11 is 5.79. The first kappa shape index (κ1) is 16.2. The Morgan fingerprint density at radius 2 is 1.82 bits per heavy atom. The van der Waals surface area contributed by atoms with E-state index in [4.69, 9.17) is 16.3 Å². The number of amides is 2. The van der Waals surface area contributed by atoms with E-state index < -0.39 is 0 Å². The Labute approximate surface area is 135 Å². The highest BCUT2D eigenvalue weighted by Gasteiger charge is 2.08. The Hall–Kier alpha value is -2.20. The number of carbonyl (C=O) groups is 1. The molecule has 4 nitrogen and oxygen atoms in total. The molecule has 2 N–H and O–H groups in total. The third-order valence-corrected chi connectivity index (χ3v) is 3.37. The average Bonchev–Trinajstić information content (AvgIpc) is 2.54. The quantitative estimate of drug-likeness (QED) is 0.796. The van der Waals surface area contributed by atoms with Crippen molar-refractivity contribution in [2.45, 2.75) is 13.0 Å². The van der Waals surface area contributed by atoms with Gasteiger partial charge in [0.1, 0.15) is 12.4 Å². The molecule has 1 atom stereocenters. The fourth-order valence-electron chi connectivity index (χ4n) is 1.94. The Morgan fingerprint density at radius 3 is 2.50 bits per heavy atom. The maximum atomic E-state index is 11.8. The predicted octanol–water partition coefficient (Wildman–Crippen LogP) is 3.78. The average molecular weight is 319 g/mol. The lowest BCUT2D eigenvalue weighted by atomic mass is 10.1. The largest absolute Gasteiger partial charge is 0.492 e. The molecule has 5 heteroatoms. The summed E-state index contributed by atoms with van der Waals surface area (Å²) in [5, 5.41) is 6.31. The highest BCUT2D eigenvalue weighted by molar-refractivity contribution is 6.30. The Kier molecular flexibility index (Phi) is 6.10. The molecule has 2 aromatic rings. The first-order valence-electron chi connectivity index (χ1n) is 7.13. The van der Waals surface area contributed by atoms with E-state index in [0.717, 1.165) is 11.3 Å². The van der Waals surface area contributed by atoms with Gasteiger partial charge in [-0.25, -0.2) is 4.79 Å². The van der Waals surface area contributed by atoms with Crippen LogP contribution in [0.1, 0.15) is 18.5 Å². The molecule has 0 bridgehead atoms. The second-order valence-electron chi connectivity index (χ2n) is 4.83. The van der Waals surface area contributed by atoms with Crippen molar-refractivity contribution in [3.8, 4) is 5.75 Å². The molecule has 0 saturated carbocycles. The molecule has 1 unspecified atom stereocenters. The van der Waals surface area contributed by atoms with E-state index >= 15 is 0 Å². The van der Waals surface area contributed by atoms with E-state index in [1.807, 2.05) is 37.3 Å². The van der Waals surface area contributed by atoms with Crippen LogP contribution in [0, 0.1) is 0 Å². The third-order valence-electron chi connectivity index (χ3n) is 3.12. The third kappa shape index (κ3) is 5.30. The molecule has 0 heterocycles. The molecule has 0 spiro atoms. The van der Waals surface area contributed by atoms with E-state index in [0.29, 0.717) is 18.2 Å². The van der Waals surface area contributed by atoms with Crippen LogP contribution in [-0.2, 0) is 0 Å². The molecule has 0 aromatic heterocycles. The second kappa shape index (κ2) is 8.29. The Morgan fingerprint density at radius 1 is 1.14 bits per heavy atom. The van der Waals surface area contributed by atoms with Gasteiger partial charge in [-0.05, 0) is 36.8 Å². The van der Waals surface area contributed by atoms with Gasteiger partial charge in [-0.15, -0.1) is 0 Å². The van der Waals surface area contributed by atoms with Crippen LogP contribution in [0.3, 0.4) is 0 Å². The lowest BCUT2D eigenvalue weighted by Gasteiger charge is -2.15. The summed E-state index contributed by atoms with van der Waals surface area (Å²) in [4.78, 5) is 11.8. The summed E-state index contributed by atoms with van der Waals surface area (Å²) in [7, 11) is 0. The SMILES string of the molecule is CC(NC(=O)NCCOc1ccc(Cl)cc1)c1ccccc1. The van der Waals surface area contributed by atoms with E-state index in [9.17, 15) is 4.79 Å². The van der Waals surface area contributed by atoms with Crippen LogP contribution < -0.4 is 15.4 Å². The first-order valence-corrected chi connectivity index (χ1v) is 7.50. The van der Waals surface area contributed by atoms with Gasteiger partial charge in [0.2, 0.25) is 0 Å². The van der Waals surface area contributed by atoms with Crippen LogP contribution in [0.4, 0.5) is 4.79 Å². The number of benzene rings is 2. The maximum Gasteiger partial charge on any atom is 0.315 e. The molecule has 2 aromatic carbocycles. The van der Waals surface area contributed by atoms with Crippen LogP contribution in [0.2, 0.25) is 5.02 Å². The molecule has 0 aliphatic carbocycles. The first-order chi connectivity index (χ1) is 10.6. The van der Waals surface area contributed by atoms with Gasteiger partial charge in [0, 0.05) is 5.02 Å². The summed E-state index contributed by atoms with van der Waals surface area (Å²) in [5.74, 6) is 0.726. The fraction of sp³-hybridized carbons (Fsp3) is 0.235. The van der Waals surface area contributed by atoms with Gasteiger partial charge in [-0.3, -0.25) is 0 Å². The minimum Gasteiger partial charge on any atom is -0.492 e. The maximum absolute atomic E-state index is 11.8. The van der Waals surface area contributed by atoms with Crippen molar-refractivity contribution < 1.29 is 9.53 Å². The van der Waals surface area contributed by atoms with Gasteiger partial charge in [-0.1, -0.05) is 41.9 Å². The van der Waals surface area contributed by atoms with Crippen LogP contribution >= 0.6 is 11.6 Å². The molecule has 2 rings (SSSR count). The molecule has 116 valence electrons. The number of urea groups is 1. The monoisotopic (exact) mass is 318 g/mol. The predicted molar refractivity (Wildman–Crippen MR) is 88.3 cm³/mol. The summed E-state index contributed by atoms with van der Waals surface area (Å²) < 4.78 is 5.50. The van der Waals surface area contributed by atoms with E-state index in [2.05, 4.69) is 10.6 Å². The lowest BCUT2D eigenvalue weighted by Crippen LogP contribution is -2.38. The molecule has 0 aliphatic rings. The topological polar surface area (TPSA) is 50.4 Å². The number of carbonyl (C=O) groups excluding carboxylic acids is 1. The normalized spacial score (nSPS) is 11.5. The van der Waals surface area contributed by atoms with Gasteiger partial charge in [0.15, 0.2) is 0 Å². The van der Waals surface area contributed by atoms with Gasteiger partial charge in [0.25, 0.3) is 0 Å². The molecule has 0 fully saturated rings. The van der Waals surface area contributed by atoms with Crippen LogP contribution in [0.5, 0.6) is 5.75 Å². The van der Waals surface area contributed by atoms with Crippen LogP contribution in [0.15, 0.2) is 54.6 Å². The van der Waals surface area contributed by atoms with Gasteiger partial charge in [-0.2, -0.15) is 0 Å². The summed E-state index contributed by atoms with van der Waals surface area (Å²) in [5.41, 5.74) is 1.06. The van der Waals surface area contributed by atoms with Crippen molar-refractivity contribution >= 4 is 17.6 Å². The fourth-order valence-corrected chi connectivity index (χ4v) is 2.06. The number of hydrogen-bond donors (Lipinski definition) is 2. The Bertz CT molecular complexity index is 587. The smallest absolute Gasteiger partial charge is 0.315 e. The van der Waals surface area contributed by atoms with Crippen molar-refractivity contribution in [2.24, 2.45) is 0 Å². The number of halogens is 1. The zero-order chi connectivity index (χ0) is 15.8. The molecular formula is C17H19ClN2O2. The Balaban J connectivity index is 1.66.